The average Bonchev–Trinajstić information content (AvgIpc) is 3.90. The van der Waals surface area contributed by atoms with E-state index >= 15 is 0 Å². The van der Waals surface area contributed by atoms with Gasteiger partial charge in [0.05, 0.1) is 11.0 Å². The average molecular weight is 612 g/mol. The number of para-hydroxylation sites is 1. The smallest absolute Gasteiger partial charge is 0.123 e. The van der Waals surface area contributed by atoms with Gasteiger partial charge in [-0.05, 0) is 57.3 Å². The standard InChI is InChI=1S/C40H25N3S2/c1-2-6-31(7-3-1)43-36-24-30(26-10-14-28(15-11-26)39-41-20-22-44-39)18-19-34(36)38-33-9-5-4-8-32(33)35(25-37(38)43)27-12-16-29(17-13-27)40-42-21-23-45-40/h1-25H. The lowest BCUT2D eigenvalue weighted by Gasteiger charge is -2.12. The second-order valence-corrected chi connectivity index (χ2v) is 12.9. The van der Waals surface area contributed by atoms with Gasteiger partial charge in [0, 0.05) is 50.7 Å². The number of fused-ring (bicyclic) bond motifs is 5. The van der Waals surface area contributed by atoms with E-state index in [1.54, 1.807) is 22.7 Å². The number of hydrogen-bond acceptors (Lipinski definition) is 4. The summed E-state index contributed by atoms with van der Waals surface area (Å²) in [5.74, 6) is 0. The van der Waals surface area contributed by atoms with E-state index in [1.807, 2.05) is 23.2 Å². The maximum atomic E-state index is 4.51. The summed E-state index contributed by atoms with van der Waals surface area (Å²) >= 11 is 3.33. The fourth-order valence-electron chi connectivity index (χ4n) is 6.48. The largest absolute Gasteiger partial charge is 0.309 e. The monoisotopic (exact) mass is 611 g/mol. The van der Waals surface area contributed by atoms with Gasteiger partial charge in [0.25, 0.3) is 0 Å². The molecular formula is C40H25N3S2. The molecule has 0 spiro atoms. The van der Waals surface area contributed by atoms with Gasteiger partial charge in [-0.3, -0.25) is 0 Å². The molecule has 0 aliphatic carbocycles. The van der Waals surface area contributed by atoms with E-state index in [0.717, 1.165) is 26.8 Å². The molecule has 9 rings (SSSR count). The SMILES string of the molecule is c1ccc(-n2c3cc(-c4ccc(-c5nccs5)cc4)ccc3c3c4ccccc4c(-c4ccc(-c5nccs5)cc4)cc32)cc1. The van der Waals surface area contributed by atoms with Gasteiger partial charge in [-0.25, -0.2) is 9.97 Å². The molecule has 0 fully saturated rings. The zero-order chi connectivity index (χ0) is 29.7. The van der Waals surface area contributed by atoms with Crippen LogP contribution in [0.25, 0.3) is 81.7 Å². The lowest BCUT2D eigenvalue weighted by atomic mass is 9.94. The summed E-state index contributed by atoms with van der Waals surface area (Å²) in [4.78, 5) is 8.99. The van der Waals surface area contributed by atoms with Crippen LogP contribution in [0.4, 0.5) is 0 Å². The van der Waals surface area contributed by atoms with Gasteiger partial charge in [0.2, 0.25) is 0 Å². The predicted octanol–water partition coefficient (Wildman–Crippen LogP) is 11.5. The van der Waals surface area contributed by atoms with Crippen molar-refractivity contribution in [2.24, 2.45) is 0 Å². The Bertz CT molecular complexity index is 2440. The van der Waals surface area contributed by atoms with E-state index in [-0.39, 0.29) is 0 Å². The molecule has 0 saturated carbocycles. The van der Waals surface area contributed by atoms with Crippen molar-refractivity contribution in [3.63, 3.8) is 0 Å². The van der Waals surface area contributed by atoms with E-state index in [4.69, 9.17) is 0 Å². The topological polar surface area (TPSA) is 30.7 Å². The van der Waals surface area contributed by atoms with Crippen LogP contribution in [-0.2, 0) is 0 Å². The Morgan fingerprint density at radius 2 is 1.02 bits per heavy atom. The predicted molar refractivity (Wildman–Crippen MR) is 191 cm³/mol. The van der Waals surface area contributed by atoms with E-state index in [9.17, 15) is 0 Å². The van der Waals surface area contributed by atoms with Crippen molar-refractivity contribution in [1.82, 2.24) is 14.5 Å². The van der Waals surface area contributed by atoms with Crippen LogP contribution in [0.3, 0.4) is 0 Å². The zero-order valence-corrected chi connectivity index (χ0v) is 25.7. The van der Waals surface area contributed by atoms with Crippen molar-refractivity contribution in [1.29, 1.82) is 0 Å². The molecule has 212 valence electrons. The Hall–Kier alpha value is -5.36. The van der Waals surface area contributed by atoms with E-state index in [1.165, 1.54) is 54.8 Å². The molecule has 0 aliphatic rings. The Morgan fingerprint density at radius 1 is 0.444 bits per heavy atom. The highest BCUT2D eigenvalue weighted by Crippen LogP contribution is 2.42. The molecular weight excluding hydrogens is 587 g/mol. The zero-order valence-electron chi connectivity index (χ0n) is 24.1. The molecule has 3 aromatic heterocycles. The summed E-state index contributed by atoms with van der Waals surface area (Å²) in [7, 11) is 0. The molecule has 0 unspecified atom stereocenters. The highest BCUT2D eigenvalue weighted by Gasteiger charge is 2.19. The van der Waals surface area contributed by atoms with Crippen LogP contribution in [0.5, 0.6) is 0 Å². The second kappa shape index (κ2) is 10.7. The van der Waals surface area contributed by atoms with Crippen molar-refractivity contribution < 1.29 is 0 Å². The number of benzene rings is 6. The molecule has 0 bridgehead atoms. The summed E-state index contributed by atoms with van der Waals surface area (Å²) in [6.07, 6.45) is 3.72. The first-order chi connectivity index (χ1) is 22.3. The molecule has 0 saturated heterocycles. The third kappa shape index (κ3) is 4.40. The Kier molecular flexibility index (Phi) is 6.18. The van der Waals surface area contributed by atoms with Crippen molar-refractivity contribution in [3.05, 3.63) is 151 Å². The molecule has 0 amide bonds. The summed E-state index contributed by atoms with van der Waals surface area (Å²) in [6.45, 7) is 0. The lowest BCUT2D eigenvalue weighted by molar-refractivity contribution is 1.18. The highest BCUT2D eigenvalue weighted by atomic mass is 32.1. The van der Waals surface area contributed by atoms with Crippen molar-refractivity contribution >= 4 is 55.3 Å². The fraction of sp³-hybridized carbons (Fsp3) is 0. The molecule has 6 aromatic carbocycles. The maximum Gasteiger partial charge on any atom is 0.123 e. The fourth-order valence-corrected chi connectivity index (χ4v) is 7.77. The van der Waals surface area contributed by atoms with Gasteiger partial charge in [0.1, 0.15) is 10.0 Å². The minimum Gasteiger partial charge on any atom is -0.309 e. The Labute approximate surface area is 268 Å². The van der Waals surface area contributed by atoms with Gasteiger partial charge in [-0.15, -0.1) is 22.7 Å². The summed E-state index contributed by atoms with van der Waals surface area (Å²) < 4.78 is 2.43. The van der Waals surface area contributed by atoms with Crippen LogP contribution in [0.2, 0.25) is 0 Å². The van der Waals surface area contributed by atoms with Gasteiger partial charge in [-0.1, -0.05) is 103 Å². The summed E-state index contributed by atoms with van der Waals surface area (Å²) in [5.41, 5.74) is 10.6. The molecule has 0 radical (unpaired) electrons. The van der Waals surface area contributed by atoms with Crippen LogP contribution in [0.15, 0.2) is 151 Å². The molecule has 3 nitrogen and oxygen atoms in total. The minimum absolute atomic E-state index is 1.04. The quantitative estimate of drug-likeness (QED) is 0.194. The number of nitrogens with zero attached hydrogens (tertiary/aromatic N) is 3. The van der Waals surface area contributed by atoms with Crippen LogP contribution in [-0.4, -0.2) is 14.5 Å². The number of rotatable bonds is 5. The van der Waals surface area contributed by atoms with Crippen LogP contribution in [0.1, 0.15) is 0 Å². The Balaban J connectivity index is 1.28. The van der Waals surface area contributed by atoms with Crippen LogP contribution in [0, 0.1) is 0 Å². The number of hydrogen-bond donors (Lipinski definition) is 0. The van der Waals surface area contributed by atoms with Crippen LogP contribution < -0.4 is 0 Å². The molecule has 9 aromatic rings. The van der Waals surface area contributed by atoms with E-state index in [0.29, 0.717) is 0 Å². The lowest BCUT2D eigenvalue weighted by Crippen LogP contribution is -1.94. The van der Waals surface area contributed by atoms with E-state index < -0.39 is 0 Å². The molecule has 0 aliphatic heterocycles. The highest BCUT2D eigenvalue weighted by molar-refractivity contribution is 7.13. The molecule has 0 atom stereocenters. The number of thiazole rings is 2. The molecule has 45 heavy (non-hydrogen) atoms. The summed E-state index contributed by atoms with van der Waals surface area (Å²) in [6, 6.07) is 46.4. The normalized spacial score (nSPS) is 11.6. The van der Waals surface area contributed by atoms with E-state index in [2.05, 4.69) is 142 Å². The van der Waals surface area contributed by atoms with Crippen molar-refractivity contribution in [2.75, 3.05) is 0 Å². The van der Waals surface area contributed by atoms with Gasteiger partial charge < -0.3 is 4.57 Å². The molecule has 3 heterocycles. The summed E-state index contributed by atoms with van der Waals surface area (Å²) in [5, 5.41) is 11.2. The van der Waals surface area contributed by atoms with Gasteiger partial charge in [0.15, 0.2) is 0 Å². The van der Waals surface area contributed by atoms with Gasteiger partial charge >= 0.3 is 0 Å². The first-order valence-electron chi connectivity index (χ1n) is 14.9. The Morgan fingerprint density at radius 3 is 1.67 bits per heavy atom. The number of aromatic nitrogens is 3. The van der Waals surface area contributed by atoms with Crippen molar-refractivity contribution in [3.8, 4) is 49.1 Å². The van der Waals surface area contributed by atoms with Crippen LogP contribution >= 0.6 is 22.7 Å². The first kappa shape index (κ1) is 26.1. The second-order valence-electron chi connectivity index (χ2n) is 11.1. The first-order valence-corrected chi connectivity index (χ1v) is 16.6. The maximum absolute atomic E-state index is 4.51. The third-order valence-electron chi connectivity index (χ3n) is 8.56. The third-order valence-corrected chi connectivity index (χ3v) is 10.2. The van der Waals surface area contributed by atoms with Crippen molar-refractivity contribution in [2.45, 2.75) is 0 Å². The minimum atomic E-state index is 1.04. The molecule has 5 heteroatoms. The van der Waals surface area contributed by atoms with Gasteiger partial charge in [-0.2, -0.15) is 0 Å². The molecule has 0 N–H and O–H groups in total.